The van der Waals surface area contributed by atoms with Crippen molar-refractivity contribution < 1.29 is 19.4 Å². The maximum Gasteiger partial charge on any atom is 0.311 e. The van der Waals surface area contributed by atoms with Gasteiger partial charge in [0.2, 0.25) is 0 Å². The van der Waals surface area contributed by atoms with Crippen LogP contribution in [-0.4, -0.2) is 29.6 Å². The summed E-state index contributed by atoms with van der Waals surface area (Å²) in [6, 6.07) is 0. The minimum atomic E-state index is -0.836. The molecule has 106 valence electrons. The van der Waals surface area contributed by atoms with Crippen molar-refractivity contribution in [3.05, 3.63) is 0 Å². The third kappa shape index (κ3) is 1.38. The number of Topliss-reactive ketones (excluding diaryl/α,β-unsaturated/α-hetero) is 1. The predicted octanol–water partition coefficient (Wildman–Crippen LogP) is 1.70. The molecule has 0 bridgehead atoms. The van der Waals surface area contributed by atoms with E-state index in [1.165, 1.54) is 7.11 Å². The minimum absolute atomic E-state index is 0.122. The lowest BCUT2D eigenvalue weighted by Gasteiger charge is -2.36. The number of carbonyl (C=O) groups excluding carboxylic acids is 2. The largest absolute Gasteiger partial charge is 0.469 e. The van der Waals surface area contributed by atoms with Crippen LogP contribution in [0.5, 0.6) is 0 Å². The number of aliphatic hydroxyl groups is 1. The lowest BCUT2D eigenvalue weighted by atomic mass is 9.69. The van der Waals surface area contributed by atoms with Gasteiger partial charge in [0.1, 0.15) is 5.78 Å². The molecule has 0 aromatic carbocycles. The summed E-state index contributed by atoms with van der Waals surface area (Å²) in [7, 11) is 1.42. The molecule has 3 rings (SSSR count). The summed E-state index contributed by atoms with van der Waals surface area (Å²) in [6.07, 6.45) is 3.12. The van der Waals surface area contributed by atoms with Gasteiger partial charge in [0.25, 0.3) is 0 Å². The molecule has 3 saturated carbocycles. The number of ketones is 1. The van der Waals surface area contributed by atoms with E-state index in [0.29, 0.717) is 25.7 Å². The zero-order chi connectivity index (χ0) is 14.1. The molecule has 0 amide bonds. The maximum absolute atomic E-state index is 12.3. The fraction of sp³-hybridized carbons (Fsp3) is 0.867. The van der Waals surface area contributed by atoms with Gasteiger partial charge in [-0.15, -0.1) is 0 Å². The smallest absolute Gasteiger partial charge is 0.311 e. The molecule has 3 aliphatic rings. The Bertz CT molecular complexity index is 459. The van der Waals surface area contributed by atoms with Crippen molar-refractivity contribution in [2.24, 2.45) is 22.7 Å². The van der Waals surface area contributed by atoms with Gasteiger partial charge < -0.3 is 9.84 Å². The van der Waals surface area contributed by atoms with Crippen molar-refractivity contribution in [3.8, 4) is 0 Å². The summed E-state index contributed by atoms with van der Waals surface area (Å²) in [5, 5.41) is 10.8. The fourth-order valence-electron chi connectivity index (χ4n) is 5.16. The van der Waals surface area contributed by atoms with Crippen LogP contribution in [-0.2, 0) is 14.3 Å². The van der Waals surface area contributed by atoms with Crippen molar-refractivity contribution in [1.82, 2.24) is 0 Å². The molecule has 3 aliphatic carbocycles. The topological polar surface area (TPSA) is 63.6 Å². The van der Waals surface area contributed by atoms with Crippen molar-refractivity contribution in [1.29, 1.82) is 0 Å². The quantitative estimate of drug-likeness (QED) is 0.734. The Morgan fingerprint density at radius 2 is 2.00 bits per heavy atom. The zero-order valence-electron chi connectivity index (χ0n) is 11.9. The highest BCUT2D eigenvalue weighted by molar-refractivity contribution is 5.90. The number of methoxy groups -OCH3 is 1. The SMILES string of the molecule is COC(=O)[C@@]1(C)C[C@@H]2C[C@@]3(O)CCC(=O)[C@@]3(C)[C@@H]2C1. The lowest BCUT2D eigenvalue weighted by molar-refractivity contribution is -0.153. The standard InChI is InChI=1S/C15H22O4/c1-13(12(17)19-3)6-9-7-15(18)5-4-11(16)14(15,2)10(9)8-13/h9-10,18H,4-8H2,1-3H3/t9-,10-,13+,14-,15+/m1/s1. The minimum Gasteiger partial charge on any atom is -0.469 e. The highest BCUT2D eigenvalue weighted by Crippen LogP contribution is 2.67. The van der Waals surface area contributed by atoms with Gasteiger partial charge in [0.15, 0.2) is 0 Å². The Balaban J connectivity index is 1.94. The van der Waals surface area contributed by atoms with Crippen LogP contribution in [0.3, 0.4) is 0 Å². The summed E-state index contributed by atoms with van der Waals surface area (Å²) in [4.78, 5) is 24.3. The highest BCUT2D eigenvalue weighted by Gasteiger charge is 2.70. The van der Waals surface area contributed by atoms with Gasteiger partial charge in [-0.2, -0.15) is 0 Å². The molecule has 0 spiro atoms. The molecule has 0 unspecified atom stereocenters. The first-order chi connectivity index (χ1) is 8.77. The number of hydrogen-bond acceptors (Lipinski definition) is 4. The molecule has 3 fully saturated rings. The summed E-state index contributed by atoms with van der Waals surface area (Å²) in [5.74, 6) is 0.385. The van der Waals surface area contributed by atoms with Crippen LogP contribution >= 0.6 is 0 Å². The Morgan fingerprint density at radius 3 is 2.63 bits per heavy atom. The third-order valence-corrected chi connectivity index (χ3v) is 6.28. The molecule has 5 atom stereocenters. The molecule has 0 radical (unpaired) electrons. The lowest BCUT2D eigenvalue weighted by Crippen LogP contribution is -2.45. The van der Waals surface area contributed by atoms with Crippen LogP contribution in [0.4, 0.5) is 0 Å². The zero-order valence-corrected chi connectivity index (χ0v) is 11.9. The van der Waals surface area contributed by atoms with Crippen LogP contribution < -0.4 is 0 Å². The third-order valence-electron chi connectivity index (χ3n) is 6.28. The number of esters is 1. The van der Waals surface area contributed by atoms with E-state index >= 15 is 0 Å². The first kappa shape index (κ1) is 13.1. The molecular weight excluding hydrogens is 244 g/mol. The van der Waals surface area contributed by atoms with E-state index in [2.05, 4.69) is 0 Å². The van der Waals surface area contributed by atoms with E-state index in [4.69, 9.17) is 4.74 Å². The first-order valence-electron chi connectivity index (χ1n) is 7.11. The van der Waals surface area contributed by atoms with Gasteiger partial charge in [0.05, 0.1) is 23.5 Å². The summed E-state index contributed by atoms with van der Waals surface area (Å²) >= 11 is 0. The second-order valence-corrected chi connectivity index (χ2v) is 7.19. The first-order valence-corrected chi connectivity index (χ1v) is 7.11. The molecular formula is C15H22O4. The van der Waals surface area contributed by atoms with Gasteiger partial charge in [-0.05, 0) is 51.4 Å². The van der Waals surface area contributed by atoms with E-state index in [9.17, 15) is 14.7 Å². The second-order valence-electron chi connectivity index (χ2n) is 7.19. The van der Waals surface area contributed by atoms with E-state index < -0.39 is 16.4 Å². The van der Waals surface area contributed by atoms with Gasteiger partial charge in [-0.3, -0.25) is 9.59 Å². The van der Waals surface area contributed by atoms with Gasteiger partial charge in [-0.25, -0.2) is 0 Å². The number of carbonyl (C=O) groups is 2. The van der Waals surface area contributed by atoms with Crippen molar-refractivity contribution in [2.75, 3.05) is 7.11 Å². The van der Waals surface area contributed by atoms with Crippen molar-refractivity contribution in [2.45, 2.75) is 51.6 Å². The fourth-order valence-corrected chi connectivity index (χ4v) is 5.16. The van der Waals surface area contributed by atoms with E-state index in [0.717, 1.165) is 6.42 Å². The monoisotopic (exact) mass is 266 g/mol. The highest BCUT2D eigenvalue weighted by atomic mass is 16.5. The van der Waals surface area contributed by atoms with E-state index in [1.807, 2.05) is 13.8 Å². The van der Waals surface area contributed by atoms with Crippen LogP contribution in [0.2, 0.25) is 0 Å². The van der Waals surface area contributed by atoms with Gasteiger partial charge in [0, 0.05) is 6.42 Å². The summed E-state index contributed by atoms with van der Waals surface area (Å²) in [5.41, 5.74) is -1.97. The van der Waals surface area contributed by atoms with Crippen LogP contribution in [0.1, 0.15) is 46.0 Å². The molecule has 0 aromatic rings. The van der Waals surface area contributed by atoms with Gasteiger partial charge >= 0.3 is 5.97 Å². The Kier molecular flexibility index (Phi) is 2.48. The normalized spacial score (nSPS) is 52.1. The maximum atomic E-state index is 12.3. The van der Waals surface area contributed by atoms with E-state index in [-0.39, 0.29) is 23.6 Å². The van der Waals surface area contributed by atoms with Crippen molar-refractivity contribution >= 4 is 11.8 Å². The molecule has 0 aliphatic heterocycles. The molecule has 0 heterocycles. The summed E-state index contributed by atoms with van der Waals surface area (Å²) in [6.45, 7) is 3.84. The molecule has 0 saturated heterocycles. The van der Waals surface area contributed by atoms with Crippen LogP contribution in [0.25, 0.3) is 0 Å². The molecule has 19 heavy (non-hydrogen) atoms. The van der Waals surface area contributed by atoms with Crippen LogP contribution in [0.15, 0.2) is 0 Å². The van der Waals surface area contributed by atoms with Gasteiger partial charge in [-0.1, -0.05) is 0 Å². The average Bonchev–Trinajstić information content (AvgIpc) is 2.87. The molecule has 4 heteroatoms. The number of rotatable bonds is 1. The molecule has 0 aromatic heterocycles. The van der Waals surface area contributed by atoms with Crippen LogP contribution in [0, 0.1) is 22.7 Å². The number of ether oxygens (including phenoxy) is 1. The average molecular weight is 266 g/mol. The van der Waals surface area contributed by atoms with Crippen molar-refractivity contribution in [3.63, 3.8) is 0 Å². The summed E-state index contributed by atoms with van der Waals surface area (Å²) < 4.78 is 4.91. The molecule has 4 nitrogen and oxygen atoms in total. The second kappa shape index (κ2) is 3.60. The Labute approximate surface area is 113 Å². The Hall–Kier alpha value is -0.900. The van der Waals surface area contributed by atoms with E-state index in [1.54, 1.807) is 0 Å². The molecule has 1 N–H and O–H groups in total. The predicted molar refractivity (Wildman–Crippen MR) is 68.3 cm³/mol. The Morgan fingerprint density at radius 1 is 1.32 bits per heavy atom. The number of fused-ring (bicyclic) bond motifs is 3. The number of hydrogen-bond donors (Lipinski definition) is 1.